The average Bonchev–Trinajstić information content (AvgIpc) is 3.01. The summed E-state index contributed by atoms with van der Waals surface area (Å²) in [5, 5.41) is 3.50. The van der Waals surface area contributed by atoms with Crippen LogP contribution in [-0.2, 0) is 0 Å². The summed E-state index contributed by atoms with van der Waals surface area (Å²) in [7, 11) is 2.05. The topological polar surface area (TPSA) is 41.0 Å². The maximum Gasteiger partial charge on any atom is 0.225 e. The van der Waals surface area contributed by atoms with Gasteiger partial charge in [0.05, 0.1) is 0 Å². The first kappa shape index (κ1) is 13.1. The van der Waals surface area contributed by atoms with Crippen molar-refractivity contribution in [1.29, 1.82) is 0 Å². The molecule has 4 heteroatoms. The highest BCUT2D eigenvalue weighted by molar-refractivity contribution is 5.61. The molecule has 1 aromatic heterocycles. The van der Waals surface area contributed by atoms with Crippen molar-refractivity contribution < 1.29 is 0 Å². The second kappa shape index (κ2) is 6.01. The lowest BCUT2D eigenvalue weighted by molar-refractivity contribution is 0.594. The third-order valence-electron chi connectivity index (χ3n) is 3.74. The van der Waals surface area contributed by atoms with Crippen LogP contribution in [-0.4, -0.2) is 36.1 Å². The fourth-order valence-corrected chi connectivity index (χ4v) is 2.62. The fourth-order valence-electron chi connectivity index (χ4n) is 2.62. The van der Waals surface area contributed by atoms with Crippen molar-refractivity contribution in [2.75, 3.05) is 25.0 Å². The fraction of sp³-hybridized carbons (Fsp3) is 0.375. The molecule has 20 heavy (non-hydrogen) atoms. The molecule has 0 saturated carbocycles. The highest BCUT2D eigenvalue weighted by Crippen LogP contribution is 2.18. The van der Waals surface area contributed by atoms with E-state index in [0.717, 1.165) is 30.2 Å². The molecule has 2 aromatic rings. The summed E-state index contributed by atoms with van der Waals surface area (Å²) in [4.78, 5) is 11.1. The van der Waals surface area contributed by atoms with Crippen molar-refractivity contribution in [3.8, 4) is 11.1 Å². The Morgan fingerprint density at radius 3 is 2.55 bits per heavy atom. The van der Waals surface area contributed by atoms with Crippen LogP contribution in [0.15, 0.2) is 42.7 Å². The van der Waals surface area contributed by atoms with Crippen LogP contribution in [0.25, 0.3) is 11.1 Å². The zero-order valence-corrected chi connectivity index (χ0v) is 11.8. The number of anilines is 1. The molecule has 1 aromatic carbocycles. The highest BCUT2D eigenvalue weighted by atomic mass is 15.2. The zero-order chi connectivity index (χ0) is 13.8. The molecular formula is C16H20N4. The first-order valence-electron chi connectivity index (χ1n) is 7.15. The third kappa shape index (κ3) is 2.96. The monoisotopic (exact) mass is 268 g/mol. The Balaban J connectivity index is 1.69. The largest absolute Gasteiger partial charge is 0.342 e. The molecule has 0 bridgehead atoms. The first-order valence-corrected chi connectivity index (χ1v) is 7.15. The van der Waals surface area contributed by atoms with Gasteiger partial charge in [0, 0.05) is 37.6 Å². The van der Waals surface area contributed by atoms with Gasteiger partial charge in [-0.05, 0) is 24.9 Å². The molecule has 1 aliphatic heterocycles. The third-order valence-corrected chi connectivity index (χ3v) is 3.74. The van der Waals surface area contributed by atoms with E-state index in [9.17, 15) is 0 Å². The molecule has 1 unspecified atom stereocenters. The van der Waals surface area contributed by atoms with Gasteiger partial charge in [0.2, 0.25) is 5.95 Å². The van der Waals surface area contributed by atoms with Crippen molar-refractivity contribution in [1.82, 2.24) is 15.3 Å². The number of hydrogen-bond donors (Lipinski definition) is 1. The highest BCUT2D eigenvalue weighted by Gasteiger charge is 2.17. The van der Waals surface area contributed by atoms with Crippen LogP contribution >= 0.6 is 0 Å². The van der Waals surface area contributed by atoms with E-state index in [1.165, 1.54) is 12.8 Å². The predicted octanol–water partition coefficient (Wildman–Crippen LogP) is 2.33. The Hall–Kier alpha value is -1.94. The van der Waals surface area contributed by atoms with Gasteiger partial charge in [-0.3, -0.25) is 0 Å². The van der Waals surface area contributed by atoms with Crippen LogP contribution in [0.2, 0.25) is 0 Å². The van der Waals surface area contributed by atoms with Gasteiger partial charge in [-0.25, -0.2) is 9.97 Å². The number of rotatable bonds is 4. The molecule has 0 spiro atoms. The summed E-state index contributed by atoms with van der Waals surface area (Å²) in [6, 6.07) is 10.8. The summed E-state index contributed by atoms with van der Waals surface area (Å²) < 4.78 is 0. The van der Waals surface area contributed by atoms with Gasteiger partial charge in [-0.2, -0.15) is 0 Å². The summed E-state index contributed by atoms with van der Waals surface area (Å²) in [6.45, 7) is 2.09. The summed E-state index contributed by atoms with van der Waals surface area (Å²) >= 11 is 0. The molecule has 0 amide bonds. The number of aromatic nitrogens is 2. The summed E-state index contributed by atoms with van der Waals surface area (Å²) in [6.07, 6.45) is 6.31. The van der Waals surface area contributed by atoms with Crippen molar-refractivity contribution >= 4 is 5.95 Å². The second-order valence-corrected chi connectivity index (χ2v) is 5.31. The average molecular weight is 268 g/mol. The SMILES string of the molecule is CN(CC1CCCN1)c1ncc(-c2ccccc2)cn1. The lowest BCUT2D eigenvalue weighted by Gasteiger charge is -2.21. The minimum absolute atomic E-state index is 0.567. The van der Waals surface area contributed by atoms with E-state index in [1.54, 1.807) is 0 Å². The molecule has 2 heterocycles. The van der Waals surface area contributed by atoms with Gasteiger partial charge in [0.25, 0.3) is 0 Å². The van der Waals surface area contributed by atoms with Crippen molar-refractivity contribution in [2.45, 2.75) is 18.9 Å². The predicted molar refractivity (Wildman–Crippen MR) is 81.8 cm³/mol. The number of benzene rings is 1. The van der Waals surface area contributed by atoms with Crippen LogP contribution in [0.1, 0.15) is 12.8 Å². The summed E-state index contributed by atoms with van der Waals surface area (Å²) in [5.74, 6) is 0.790. The van der Waals surface area contributed by atoms with E-state index in [2.05, 4.69) is 39.4 Å². The van der Waals surface area contributed by atoms with Crippen molar-refractivity contribution in [2.24, 2.45) is 0 Å². The molecule has 3 rings (SSSR count). The normalized spacial score (nSPS) is 18.1. The van der Waals surface area contributed by atoms with Crippen molar-refractivity contribution in [3.05, 3.63) is 42.7 Å². The van der Waals surface area contributed by atoms with Gasteiger partial charge in [0.1, 0.15) is 0 Å². The summed E-state index contributed by atoms with van der Waals surface area (Å²) in [5.41, 5.74) is 2.21. The van der Waals surface area contributed by atoms with Gasteiger partial charge < -0.3 is 10.2 Å². The van der Waals surface area contributed by atoms with E-state index in [1.807, 2.05) is 30.6 Å². The van der Waals surface area contributed by atoms with Crippen LogP contribution < -0.4 is 10.2 Å². The Morgan fingerprint density at radius 2 is 1.90 bits per heavy atom. The van der Waals surface area contributed by atoms with Gasteiger partial charge in [-0.15, -0.1) is 0 Å². The van der Waals surface area contributed by atoms with E-state index in [-0.39, 0.29) is 0 Å². The molecule has 1 N–H and O–H groups in total. The molecular weight excluding hydrogens is 248 g/mol. The van der Waals surface area contributed by atoms with Gasteiger partial charge in [0.15, 0.2) is 0 Å². The molecule has 1 fully saturated rings. The molecule has 0 aliphatic carbocycles. The molecule has 104 valence electrons. The molecule has 1 saturated heterocycles. The second-order valence-electron chi connectivity index (χ2n) is 5.31. The van der Waals surface area contributed by atoms with E-state index < -0.39 is 0 Å². The van der Waals surface area contributed by atoms with Crippen molar-refractivity contribution in [3.63, 3.8) is 0 Å². The van der Waals surface area contributed by atoms with E-state index >= 15 is 0 Å². The maximum absolute atomic E-state index is 4.48. The molecule has 1 aliphatic rings. The Bertz CT molecular complexity index is 532. The number of nitrogens with one attached hydrogen (secondary N) is 1. The number of likely N-dealkylation sites (N-methyl/N-ethyl adjacent to an activating group) is 1. The van der Waals surface area contributed by atoms with E-state index in [0.29, 0.717) is 6.04 Å². The van der Waals surface area contributed by atoms with E-state index in [4.69, 9.17) is 0 Å². The van der Waals surface area contributed by atoms with Gasteiger partial charge in [-0.1, -0.05) is 30.3 Å². The zero-order valence-electron chi connectivity index (χ0n) is 11.8. The lowest BCUT2D eigenvalue weighted by atomic mass is 10.1. The quantitative estimate of drug-likeness (QED) is 0.924. The van der Waals surface area contributed by atoms with Crippen LogP contribution in [0.4, 0.5) is 5.95 Å². The van der Waals surface area contributed by atoms with Crippen LogP contribution in [0.5, 0.6) is 0 Å². The number of nitrogens with zero attached hydrogens (tertiary/aromatic N) is 3. The minimum atomic E-state index is 0.567. The Kier molecular flexibility index (Phi) is 3.92. The standard InChI is InChI=1S/C16H20N4/c1-20(12-15-8-5-9-17-15)16-18-10-14(11-19-16)13-6-3-2-4-7-13/h2-4,6-7,10-11,15,17H,5,8-9,12H2,1H3. The Labute approximate surface area is 119 Å². The molecule has 0 radical (unpaired) electrons. The smallest absolute Gasteiger partial charge is 0.225 e. The minimum Gasteiger partial charge on any atom is -0.342 e. The van der Waals surface area contributed by atoms with Crippen LogP contribution in [0, 0.1) is 0 Å². The van der Waals surface area contributed by atoms with Crippen LogP contribution in [0.3, 0.4) is 0 Å². The maximum atomic E-state index is 4.48. The first-order chi connectivity index (χ1) is 9.83. The lowest BCUT2D eigenvalue weighted by Crippen LogP contribution is -2.36. The molecule has 1 atom stereocenters. The number of hydrogen-bond acceptors (Lipinski definition) is 4. The van der Waals surface area contributed by atoms with Gasteiger partial charge >= 0.3 is 0 Å². The Morgan fingerprint density at radius 1 is 1.15 bits per heavy atom. The molecule has 4 nitrogen and oxygen atoms in total.